The highest BCUT2D eigenvalue weighted by Gasteiger charge is 2.43. The van der Waals surface area contributed by atoms with Crippen molar-refractivity contribution in [1.82, 2.24) is 4.57 Å². The molecule has 1 aromatic heterocycles. The van der Waals surface area contributed by atoms with Gasteiger partial charge < -0.3 is 9.67 Å². The second-order valence-electron chi connectivity index (χ2n) is 3.69. The molecule has 3 nitrogen and oxygen atoms in total. The molecule has 0 atom stereocenters. The van der Waals surface area contributed by atoms with Crippen LogP contribution in [0.2, 0.25) is 5.02 Å². The van der Waals surface area contributed by atoms with Crippen molar-refractivity contribution < 1.29 is 18.7 Å². The van der Waals surface area contributed by atoms with Gasteiger partial charge in [-0.2, -0.15) is 8.78 Å². The number of carbonyl (C=O) groups is 1. The molecule has 17 heavy (non-hydrogen) atoms. The molecule has 2 aromatic rings. The van der Waals surface area contributed by atoms with Gasteiger partial charge in [0.15, 0.2) is 0 Å². The Balaban J connectivity index is 2.76. The molecule has 0 aliphatic rings. The normalized spacial score (nSPS) is 12.0. The number of hydrogen-bond acceptors (Lipinski definition) is 1. The monoisotopic (exact) mass is 259 g/mol. The van der Waals surface area contributed by atoms with E-state index >= 15 is 0 Å². The molecule has 0 radical (unpaired) electrons. The lowest BCUT2D eigenvalue weighted by Gasteiger charge is -2.09. The minimum absolute atomic E-state index is 0.185. The summed E-state index contributed by atoms with van der Waals surface area (Å²) in [6, 6.07) is 4.35. The number of rotatable bonds is 2. The first-order chi connectivity index (χ1) is 7.84. The van der Waals surface area contributed by atoms with Crippen LogP contribution in [-0.2, 0) is 17.8 Å². The zero-order valence-electron chi connectivity index (χ0n) is 8.75. The van der Waals surface area contributed by atoms with Gasteiger partial charge in [0.25, 0.3) is 0 Å². The van der Waals surface area contributed by atoms with E-state index in [0.717, 1.165) is 6.20 Å². The minimum Gasteiger partial charge on any atom is -0.477 e. The molecule has 0 amide bonds. The molecular formula is C11H8ClF2NO2. The van der Waals surface area contributed by atoms with Crippen molar-refractivity contribution in [3.63, 3.8) is 0 Å². The van der Waals surface area contributed by atoms with E-state index < -0.39 is 17.5 Å². The second kappa shape index (κ2) is 3.70. The number of aliphatic carboxylic acids is 1. The molecule has 0 bridgehead atoms. The van der Waals surface area contributed by atoms with Gasteiger partial charge in [-0.05, 0) is 12.1 Å². The zero-order valence-corrected chi connectivity index (χ0v) is 9.50. The van der Waals surface area contributed by atoms with Crippen molar-refractivity contribution in [2.45, 2.75) is 5.92 Å². The molecule has 0 spiro atoms. The smallest absolute Gasteiger partial charge is 0.379 e. The van der Waals surface area contributed by atoms with Crippen molar-refractivity contribution in [2.24, 2.45) is 7.05 Å². The third-order valence-corrected chi connectivity index (χ3v) is 2.79. The van der Waals surface area contributed by atoms with Crippen LogP contribution in [0.15, 0.2) is 24.4 Å². The van der Waals surface area contributed by atoms with Crippen molar-refractivity contribution in [1.29, 1.82) is 0 Å². The Morgan fingerprint density at radius 2 is 2.12 bits per heavy atom. The number of carboxylic acid groups (broad SMARTS) is 1. The number of nitrogens with zero attached hydrogens (tertiary/aromatic N) is 1. The van der Waals surface area contributed by atoms with Gasteiger partial charge >= 0.3 is 11.9 Å². The lowest BCUT2D eigenvalue weighted by Crippen LogP contribution is -2.24. The molecule has 2 rings (SSSR count). The molecule has 0 saturated heterocycles. The number of halogens is 3. The maximum Gasteiger partial charge on any atom is 0.379 e. The number of benzene rings is 1. The summed E-state index contributed by atoms with van der Waals surface area (Å²) in [7, 11) is 1.56. The highest BCUT2D eigenvalue weighted by molar-refractivity contribution is 6.31. The Morgan fingerprint density at radius 3 is 2.71 bits per heavy atom. The number of aryl methyl sites for hydroxylation is 1. The number of fused-ring (bicyclic) bond motifs is 1. The number of aromatic nitrogens is 1. The maximum absolute atomic E-state index is 13.5. The third kappa shape index (κ3) is 1.76. The summed E-state index contributed by atoms with van der Waals surface area (Å²) in [5.41, 5.74) is -0.0624. The predicted octanol–water partition coefficient (Wildman–Crippen LogP) is 3.01. The SMILES string of the molecule is Cn1cc(C(F)(F)C(=O)O)c2ccc(Cl)cc21. The van der Waals surface area contributed by atoms with Crippen molar-refractivity contribution in [2.75, 3.05) is 0 Å². The largest absolute Gasteiger partial charge is 0.477 e. The van der Waals surface area contributed by atoms with Crippen molar-refractivity contribution >= 4 is 28.5 Å². The Labute approximate surface area is 100 Å². The first kappa shape index (κ1) is 11.9. The topological polar surface area (TPSA) is 42.2 Å². The number of carboxylic acids is 1. The lowest BCUT2D eigenvalue weighted by atomic mass is 10.1. The molecule has 0 saturated carbocycles. The van der Waals surface area contributed by atoms with Crippen LogP contribution < -0.4 is 0 Å². The molecule has 0 fully saturated rings. The Hall–Kier alpha value is -1.62. The molecule has 6 heteroatoms. The molecular weight excluding hydrogens is 252 g/mol. The average Bonchev–Trinajstić information content (AvgIpc) is 2.56. The Morgan fingerprint density at radius 1 is 1.47 bits per heavy atom. The quantitative estimate of drug-likeness (QED) is 0.901. The Bertz CT molecular complexity index is 607. The van der Waals surface area contributed by atoms with Gasteiger partial charge in [-0.1, -0.05) is 17.7 Å². The standard InChI is InChI=1S/C11H8ClF2NO2/c1-15-5-8(11(13,14)10(16)17)7-3-2-6(12)4-9(7)15/h2-5H,1H3,(H,16,17). The van der Waals surface area contributed by atoms with Gasteiger partial charge in [0, 0.05) is 29.2 Å². The van der Waals surface area contributed by atoms with E-state index in [1.807, 2.05) is 0 Å². The summed E-state index contributed by atoms with van der Waals surface area (Å²) < 4.78 is 28.4. The summed E-state index contributed by atoms with van der Waals surface area (Å²) in [4.78, 5) is 10.6. The van der Waals surface area contributed by atoms with Gasteiger partial charge in [0.05, 0.1) is 5.56 Å². The van der Waals surface area contributed by atoms with Crippen LogP contribution in [0.25, 0.3) is 10.9 Å². The van der Waals surface area contributed by atoms with E-state index in [4.69, 9.17) is 16.7 Å². The van der Waals surface area contributed by atoms with Crippen LogP contribution >= 0.6 is 11.6 Å². The molecule has 1 aromatic carbocycles. The fraction of sp³-hybridized carbons (Fsp3) is 0.182. The highest BCUT2D eigenvalue weighted by Crippen LogP contribution is 2.35. The van der Waals surface area contributed by atoms with Gasteiger partial charge in [0.1, 0.15) is 0 Å². The van der Waals surface area contributed by atoms with Gasteiger partial charge in [-0.15, -0.1) is 0 Å². The average molecular weight is 260 g/mol. The zero-order chi connectivity index (χ0) is 12.8. The Kier molecular flexibility index (Phi) is 2.58. The fourth-order valence-electron chi connectivity index (χ4n) is 1.72. The van der Waals surface area contributed by atoms with E-state index in [1.54, 1.807) is 7.05 Å². The molecule has 0 aliphatic heterocycles. The third-order valence-electron chi connectivity index (χ3n) is 2.56. The van der Waals surface area contributed by atoms with Crippen molar-refractivity contribution in [3.05, 3.63) is 35.0 Å². The van der Waals surface area contributed by atoms with Crippen LogP contribution in [0.4, 0.5) is 8.78 Å². The van der Waals surface area contributed by atoms with Gasteiger partial charge in [0.2, 0.25) is 0 Å². The second-order valence-corrected chi connectivity index (χ2v) is 4.13. The van der Waals surface area contributed by atoms with Crippen LogP contribution in [0.5, 0.6) is 0 Å². The van der Waals surface area contributed by atoms with E-state index in [-0.39, 0.29) is 5.39 Å². The van der Waals surface area contributed by atoms with Crippen LogP contribution in [0, 0.1) is 0 Å². The van der Waals surface area contributed by atoms with E-state index in [1.165, 1.54) is 22.8 Å². The summed E-state index contributed by atoms with van der Waals surface area (Å²) in [5, 5.41) is 9.12. The van der Waals surface area contributed by atoms with E-state index in [9.17, 15) is 13.6 Å². The number of hydrogen-bond donors (Lipinski definition) is 1. The van der Waals surface area contributed by atoms with Gasteiger partial charge in [-0.3, -0.25) is 0 Å². The van der Waals surface area contributed by atoms with Gasteiger partial charge in [-0.25, -0.2) is 4.79 Å². The molecule has 0 aliphatic carbocycles. The summed E-state index contributed by atoms with van der Waals surface area (Å²) in [5.74, 6) is -6.08. The van der Waals surface area contributed by atoms with Crippen LogP contribution in [0.1, 0.15) is 5.56 Å². The molecule has 0 unspecified atom stereocenters. The van der Waals surface area contributed by atoms with Crippen LogP contribution in [0.3, 0.4) is 0 Å². The first-order valence-corrected chi connectivity index (χ1v) is 5.08. The van der Waals surface area contributed by atoms with E-state index in [0.29, 0.717) is 10.5 Å². The molecule has 1 N–H and O–H groups in total. The van der Waals surface area contributed by atoms with E-state index in [2.05, 4.69) is 0 Å². The summed E-state index contributed by atoms with van der Waals surface area (Å²) in [6.07, 6.45) is 1.11. The fourth-order valence-corrected chi connectivity index (χ4v) is 1.89. The number of alkyl halides is 2. The minimum atomic E-state index is -3.91. The maximum atomic E-state index is 13.5. The predicted molar refractivity (Wildman–Crippen MR) is 59.5 cm³/mol. The van der Waals surface area contributed by atoms with Crippen molar-refractivity contribution in [3.8, 4) is 0 Å². The molecule has 90 valence electrons. The first-order valence-electron chi connectivity index (χ1n) is 4.70. The summed E-state index contributed by atoms with van der Waals surface area (Å²) >= 11 is 5.76. The highest BCUT2D eigenvalue weighted by atomic mass is 35.5. The summed E-state index contributed by atoms with van der Waals surface area (Å²) in [6.45, 7) is 0. The van der Waals surface area contributed by atoms with Crippen LogP contribution in [-0.4, -0.2) is 15.6 Å². The lowest BCUT2D eigenvalue weighted by molar-refractivity contribution is -0.166. The molecule has 1 heterocycles.